The van der Waals surface area contributed by atoms with Gasteiger partial charge in [-0.05, 0) is 20.8 Å². The summed E-state index contributed by atoms with van der Waals surface area (Å²) in [5.74, 6) is 0. The Bertz CT molecular complexity index is 296. The lowest BCUT2D eigenvalue weighted by molar-refractivity contribution is -0.0767. The number of hydrogen-bond donors (Lipinski definition) is 1. The van der Waals surface area contributed by atoms with E-state index in [2.05, 4.69) is 4.98 Å². The molecule has 80 valence electrons. The van der Waals surface area contributed by atoms with Crippen molar-refractivity contribution < 1.29 is 9.84 Å². The van der Waals surface area contributed by atoms with Crippen LogP contribution < -0.4 is 0 Å². The van der Waals surface area contributed by atoms with Gasteiger partial charge in [0.05, 0.1) is 22.4 Å². The van der Waals surface area contributed by atoms with Crippen molar-refractivity contribution in [3.63, 3.8) is 0 Å². The Morgan fingerprint density at radius 2 is 2.29 bits per heavy atom. The van der Waals surface area contributed by atoms with E-state index in [1.54, 1.807) is 18.4 Å². The summed E-state index contributed by atoms with van der Waals surface area (Å²) < 4.78 is 5.20. The molecule has 0 aliphatic carbocycles. The third kappa shape index (κ3) is 2.77. The molecule has 0 radical (unpaired) electrons. The lowest BCUT2D eigenvalue weighted by Crippen LogP contribution is -2.39. The van der Waals surface area contributed by atoms with Crippen LogP contribution in [-0.2, 0) is 11.2 Å². The summed E-state index contributed by atoms with van der Waals surface area (Å²) >= 11 is 1.60. The van der Waals surface area contributed by atoms with Crippen LogP contribution in [-0.4, -0.2) is 28.9 Å². The van der Waals surface area contributed by atoms with E-state index >= 15 is 0 Å². The number of ether oxygens (including phenoxy) is 1. The van der Waals surface area contributed by atoms with Gasteiger partial charge in [0.1, 0.15) is 0 Å². The van der Waals surface area contributed by atoms with E-state index in [1.807, 2.05) is 26.2 Å². The second-order valence-electron chi connectivity index (χ2n) is 3.89. The van der Waals surface area contributed by atoms with Crippen LogP contribution in [0.3, 0.4) is 0 Å². The third-order valence-electron chi connectivity index (χ3n) is 2.40. The van der Waals surface area contributed by atoms with E-state index in [0.717, 1.165) is 10.7 Å². The highest BCUT2D eigenvalue weighted by molar-refractivity contribution is 7.09. The van der Waals surface area contributed by atoms with E-state index in [1.165, 1.54) is 0 Å². The Labute approximate surface area is 88.8 Å². The molecule has 3 nitrogen and oxygen atoms in total. The molecule has 0 aliphatic heterocycles. The number of aryl methyl sites for hydroxylation is 1. The molecule has 0 fully saturated rings. The van der Waals surface area contributed by atoms with Crippen molar-refractivity contribution in [2.24, 2.45) is 0 Å². The number of aliphatic hydroxyl groups is 1. The molecule has 0 aromatic carbocycles. The maximum absolute atomic E-state index is 9.88. The Kier molecular flexibility index (Phi) is 3.64. The number of aliphatic hydroxyl groups excluding tert-OH is 1. The Morgan fingerprint density at radius 1 is 1.64 bits per heavy atom. The second-order valence-corrected chi connectivity index (χ2v) is 4.95. The normalized spacial score (nSPS) is 14.4. The SMILES string of the molecule is COC(C)(C)C(O)Cc1csc(C)n1. The molecule has 1 unspecified atom stereocenters. The van der Waals surface area contributed by atoms with E-state index in [4.69, 9.17) is 4.74 Å². The minimum absolute atomic E-state index is 0.516. The minimum atomic E-state index is -0.519. The van der Waals surface area contributed by atoms with E-state index in [-0.39, 0.29) is 0 Å². The number of hydrogen-bond acceptors (Lipinski definition) is 4. The van der Waals surface area contributed by atoms with Gasteiger partial charge in [-0.25, -0.2) is 4.98 Å². The van der Waals surface area contributed by atoms with Crippen molar-refractivity contribution in [1.82, 2.24) is 4.98 Å². The summed E-state index contributed by atoms with van der Waals surface area (Å²) in [7, 11) is 1.61. The highest BCUT2D eigenvalue weighted by Crippen LogP contribution is 2.18. The third-order valence-corrected chi connectivity index (χ3v) is 3.22. The molecule has 4 heteroatoms. The maximum Gasteiger partial charge on any atom is 0.0897 e. The Morgan fingerprint density at radius 3 is 2.71 bits per heavy atom. The van der Waals surface area contributed by atoms with Gasteiger partial charge in [-0.2, -0.15) is 0 Å². The van der Waals surface area contributed by atoms with Gasteiger partial charge in [-0.1, -0.05) is 0 Å². The van der Waals surface area contributed by atoms with Gasteiger partial charge in [-0.3, -0.25) is 0 Å². The van der Waals surface area contributed by atoms with Crippen LogP contribution in [0, 0.1) is 6.92 Å². The van der Waals surface area contributed by atoms with Crippen molar-refractivity contribution in [2.45, 2.75) is 38.9 Å². The molecule has 1 atom stereocenters. The smallest absolute Gasteiger partial charge is 0.0897 e. The molecule has 0 aliphatic rings. The molecule has 1 rings (SSSR count). The van der Waals surface area contributed by atoms with Gasteiger partial charge in [-0.15, -0.1) is 11.3 Å². The molecular weight excluding hydrogens is 198 g/mol. The molecule has 1 aromatic rings. The highest BCUT2D eigenvalue weighted by atomic mass is 32.1. The van der Waals surface area contributed by atoms with Crippen molar-refractivity contribution in [3.8, 4) is 0 Å². The predicted octanol–water partition coefficient (Wildman–Crippen LogP) is 1.78. The predicted molar refractivity (Wildman–Crippen MR) is 57.6 cm³/mol. The lowest BCUT2D eigenvalue weighted by atomic mass is 9.98. The minimum Gasteiger partial charge on any atom is -0.390 e. The van der Waals surface area contributed by atoms with Gasteiger partial charge < -0.3 is 9.84 Å². The van der Waals surface area contributed by atoms with Crippen LogP contribution in [0.15, 0.2) is 5.38 Å². The molecule has 0 saturated heterocycles. The summed E-state index contributed by atoms with van der Waals surface area (Å²) in [6, 6.07) is 0. The number of thiazole rings is 1. The van der Waals surface area contributed by atoms with Gasteiger partial charge in [0, 0.05) is 18.9 Å². The number of rotatable bonds is 4. The zero-order valence-corrected chi connectivity index (χ0v) is 9.89. The largest absolute Gasteiger partial charge is 0.390 e. The number of methoxy groups -OCH3 is 1. The lowest BCUT2D eigenvalue weighted by Gasteiger charge is -2.28. The maximum atomic E-state index is 9.88. The monoisotopic (exact) mass is 215 g/mol. The molecule has 0 saturated carbocycles. The summed E-state index contributed by atoms with van der Waals surface area (Å²) in [6.45, 7) is 5.70. The van der Waals surface area contributed by atoms with Crippen LogP contribution in [0.2, 0.25) is 0 Å². The van der Waals surface area contributed by atoms with Crippen LogP contribution >= 0.6 is 11.3 Å². The molecule has 0 bridgehead atoms. The fourth-order valence-electron chi connectivity index (χ4n) is 1.08. The van der Waals surface area contributed by atoms with Crippen molar-refractivity contribution in [2.75, 3.05) is 7.11 Å². The van der Waals surface area contributed by atoms with Crippen LogP contribution in [0.5, 0.6) is 0 Å². The summed E-state index contributed by atoms with van der Waals surface area (Å²) in [5.41, 5.74) is 0.419. The highest BCUT2D eigenvalue weighted by Gasteiger charge is 2.27. The summed E-state index contributed by atoms with van der Waals surface area (Å²) in [5, 5.41) is 12.9. The standard InChI is InChI=1S/C10H17NO2S/c1-7-11-8(6-14-7)5-9(12)10(2,3)13-4/h6,9,12H,5H2,1-4H3. The van der Waals surface area contributed by atoms with E-state index in [0.29, 0.717) is 6.42 Å². The number of aromatic nitrogens is 1. The van der Waals surface area contributed by atoms with Gasteiger partial charge in [0.2, 0.25) is 0 Å². The van der Waals surface area contributed by atoms with Gasteiger partial charge >= 0.3 is 0 Å². The fraction of sp³-hybridized carbons (Fsp3) is 0.700. The first-order valence-electron chi connectivity index (χ1n) is 4.60. The van der Waals surface area contributed by atoms with Crippen molar-refractivity contribution in [1.29, 1.82) is 0 Å². The zero-order chi connectivity index (χ0) is 10.8. The molecule has 0 amide bonds. The number of nitrogens with zero attached hydrogens (tertiary/aromatic N) is 1. The first-order valence-corrected chi connectivity index (χ1v) is 5.48. The Balaban J connectivity index is 2.61. The quantitative estimate of drug-likeness (QED) is 0.832. The average molecular weight is 215 g/mol. The summed E-state index contributed by atoms with van der Waals surface area (Å²) in [4.78, 5) is 4.30. The summed E-state index contributed by atoms with van der Waals surface area (Å²) in [6.07, 6.45) is 0.0274. The Hall–Kier alpha value is -0.450. The average Bonchev–Trinajstić information content (AvgIpc) is 2.51. The topological polar surface area (TPSA) is 42.4 Å². The van der Waals surface area contributed by atoms with Gasteiger partial charge in [0.15, 0.2) is 0 Å². The molecular formula is C10H17NO2S. The zero-order valence-electron chi connectivity index (χ0n) is 9.07. The van der Waals surface area contributed by atoms with Crippen LogP contribution in [0.4, 0.5) is 0 Å². The van der Waals surface area contributed by atoms with Crippen LogP contribution in [0.25, 0.3) is 0 Å². The van der Waals surface area contributed by atoms with Gasteiger partial charge in [0.25, 0.3) is 0 Å². The first kappa shape index (κ1) is 11.6. The second kappa shape index (κ2) is 4.38. The van der Waals surface area contributed by atoms with E-state index < -0.39 is 11.7 Å². The van der Waals surface area contributed by atoms with E-state index in [9.17, 15) is 5.11 Å². The molecule has 1 heterocycles. The molecule has 14 heavy (non-hydrogen) atoms. The first-order chi connectivity index (χ1) is 6.45. The molecule has 1 N–H and O–H groups in total. The van der Waals surface area contributed by atoms with Crippen LogP contribution in [0.1, 0.15) is 24.5 Å². The molecule has 1 aromatic heterocycles. The van der Waals surface area contributed by atoms with Crippen molar-refractivity contribution >= 4 is 11.3 Å². The molecule has 0 spiro atoms. The van der Waals surface area contributed by atoms with Crippen molar-refractivity contribution in [3.05, 3.63) is 16.1 Å². The fourth-order valence-corrected chi connectivity index (χ4v) is 1.71.